The average molecular weight is 463 g/mol. The minimum absolute atomic E-state index is 0.0177. The first-order chi connectivity index (χ1) is 9.56. The van der Waals surface area contributed by atoms with Gasteiger partial charge in [-0.05, 0) is 51.4 Å². The van der Waals surface area contributed by atoms with Crippen LogP contribution in [0.25, 0.3) is 0 Å². The van der Waals surface area contributed by atoms with E-state index >= 15 is 0 Å². The van der Waals surface area contributed by atoms with Crippen LogP contribution in [0.4, 0.5) is 5.69 Å². The van der Waals surface area contributed by atoms with Gasteiger partial charge in [0.2, 0.25) is 5.91 Å². The molecule has 1 atom stereocenters. The van der Waals surface area contributed by atoms with E-state index < -0.39 is 0 Å². The normalized spacial score (nSPS) is 14.8. The standard InChI is InChI=1S/C15H10BrClINO/c16-15(9-3-1-2-4-12(9)18)10-5-8-6-14(20)19-13(8)7-11(10)17/h1-5,7,15H,6H2,(H,19,20). The lowest BCUT2D eigenvalue weighted by molar-refractivity contribution is -0.115. The van der Waals surface area contributed by atoms with Crippen molar-refractivity contribution in [3.63, 3.8) is 0 Å². The van der Waals surface area contributed by atoms with Crippen molar-refractivity contribution in [2.24, 2.45) is 0 Å². The van der Waals surface area contributed by atoms with Crippen LogP contribution >= 0.6 is 50.1 Å². The number of hydrogen-bond donors (Lipinski definition) is 1. The Hall–Kier alpha value is -0.590. The van der Waals surface area contributed by atoms with Crippen molar-refractivity contribution in [1.82, 2.24) is 0 Å². The topological polar surface area (TPSA) is 29.1 Å². The Morgan fingerprint density at radius 1 is 1.25 bits per heavy atom. The van der Waals surface area contributed by atoms with E-state index in [1.165, 1.54) is 9.13 Å². The number of nitrogens with one attached hydrogen (secondary N) is 1. The van der Waals surface area contributed by atoms with E-state index in [0.29, 0.717) is 11.4 Å². The van der Waals surface area contributed by atoms with Crippen molar-refractivity contribution < 1.29 is 4.79 Å². The maximum atomic E-state index is 11.4. The molecule has 1 amide bonds. The number of fused-ring (bicyclic) bond motifs is 1. The number of benzene rings is 2. The second-order valence-corrected chi connectivity index (χ2v) is 7.12. The van der Waals surface area contributed by atoms with Gasteiger partial charge >= 0.3 is 0 Å². The Balaban J connectivity index is 2.05. The summed E-state index contributed by atoms with van der Waals surface area (Å²) >= 11 is 12.4. The summed E-state index contributed by atoms with van der Waals surface area (Å²) < 4.78 is 1.18. The minimum atomic E-state index is 0.0177. The number of carbonyl (C=O) groups excluding carboxylic acids is 1. The predicted molar refractivity (Wildman–Crippen MR) is 93.7 cm³/mol. The van der Waals surface area contributed by atoms with Gasteiger partial charge in [-0.2, -0.15) is 0 Å². The number of rotatable bonds is 2. The summed E-state index contributed by atoms with van der Waals surface area (Å²) in [4.78, 5) is 11.5. The molecule has 2 nitrogen and oxygen atoms in total. The van der Waals surface area contributed by atoms with E-state index in [9.17, 15) is 4.79 Å². The molecule has 0 aliphatic carbocycles. The van der Waals surface area contributed by atoms with Crippen LogP contribution < -0.4 is 5.32 Å². The molecule has 0 aromatic heterocycles. The molecule has 1 aliphatic heterocycles. The van der Waals surface area contributed by atoms with Gasteiger partial charge in [-0.25, -0.2) is 0 Å². The molecule has 102 valence electrons. The first kappa shape index (κ1) is 14.4. The highest BCUT2D eigenvalue weighted by atomic mass is 127. The Morgan fingerprint density at radius 3 is 2.75 bits per heavy atom. The van der Waals surface area contributed by atoms with Crippen LogP contribution in [-0.4, -0.2) is 5.91 Å². The smallest absolute Gasteiger partial charge is 0.228 e. The molecular weight excluding hydrogens is 452 g/mol. The van der Waals surface area contributed by atoms with E-state index in [1.54, 1.807) is 0 Å². The number of hydrogen-bond acceptors (Lipinski definition) is 1. The van der Waals surface area contributed by atoms with Gasteiger partial charge < -0.3 is 5.32 Å². The largest absolute Gasteiger partial charge is 0.325 e. The van der Waals surface area contributed by atoms with Gasteiger partial charge in [-0.1, -0.05) is 51.8 Å². The number of halogens is 3. The summed E-state index contributed by atoms with van der Waals surface area (Å²) in [5.41, 5.74) is 3.99. The second kappa shape index (κ2) is 5.66. The van der Waals surface area contributed by atoms with Crippen molar-refractivity contribution in [2.45, 2.75) is 11.2 Å². The quantitative estimate of drug-likeness (QED) is 0.498. The van der Waals surface area contributed by atoms with Crippen molar-refractivity contribution in [3.05, 3.63) is 61.7 Å². The molecule has 2 aromatic rings. The molecule has 0 radical (unpaired) electrons. The second-order valence-electron chi connectivity index (χ2n) is 4.64. The Kier molecular flexibility index (Phi) is 4.06. The maximum absolute atomic E-state index is 11.4. The Labute approximate surface area is 144 Å². The molecule has 1 aliphatic rings. The number of anilines is 1. The summed E-state index contributed by atoms with van der Waals surface area (Å²) in [6.07, 6.45) is 0.422. The van der Waals surface area contributed by atoms with Crippen molar-refractivity contribution in [3.8, 4) is 0 Å². The highest BCUT2D eigenvalue weighted by Gasteiger charge is 2.23. The summed E-state index contributed by atoms with van der Waals surface area (Å²) in [5, 5.41) is 3.48. The third kappa shape index (κ3) is 2.61. The fourth-order valence-electron chi connectivity index (χ4n) is 2.31. The van der Waals surface area contributed by atoms with Gasteiger partial charge in [0.1, 0.15) is 0 Å². The molecule has 3 rings (SSSR count). The first-order valence-electron chi connectivity index (χ1n) is 6.07. The van der Waals surface area contributed by atoms with E-state index in [1.807, 2.05) is 24.3 Å². The average Bonchev–Trinajstić information content (AvgIpc) is 2.76. The van der Waals surface area contributed by atoms with Crippen LogP contribution in [0.1, 0.15) is 21.5 Å². The van der Waals surface area contributed by atoms with Gasteiger partial charge in [0.15, 0.2) is 0 Å². The van der Waals surface area contributed by atoms with Gasteiger partial charge in [0.25, 0.3) is 0 Å². The lowest BCUT2D eigenvalue weighted by Crippen LogP contribution is -2.03. The molecule has 20 heavy (non-hydrogen) atoms. The summed E-state index contributed by atoms with van der Waals surface area (Å²) in [7, 11) is 0. The zero-order valence-electron chi connectivity index (χ0n) is 10.3. The lowest BCUT2D eigenvalue weighted by Gasteiger charge is -2.15. The Morgan fingerprint density at radius 2 is 2.00 bits per heavy atom. The maximum Gasteiger partial charge on any atom is 0.228 e. The van der Waals surface area contributed by atoms with Crippen LogP contribution in [-0.2, 0) is 11.2 Å². The van der Waals surface area contributed by atoms with Crippen molar-refractivity contribution >= 4 is 61.7 Å². The van der Waals surface area contributed by atoms with E-state index in [0.717, 1.165) is 16.8 Å². The zero-order chi connectivity index (χ0) is 14.3. The summed E-state index contributed by atoms with van der Waals surface area (Å²) in [6.45, 7) is 0. The minimum Gasteiger partial charge on any atom is -0.325 e. The molecule has 2 aromatic carbocycles. The van der Waals surface area contributed by atoms with Gasteiger partial charge in [0, 0.05) is 14.3 Å². The molecule has 0 bridgehead atoms. The fraction of sp³-hybridized carbons (Fsp3) is 0.133. The van der Waals surface area contributed by atoms with Gasteiger partial charge in [-0.3, -0.25) is 4.79 Å². The van der Waals surface area contributed by atoms with Gasteiger partial charge in [0.05, 0.1) is 11.2 Å². The Bertz CT molecular complexity index is 704. The molecule has 1 unspecified atom stereocenters. The van der Waals surface area contributed by atoms with Crippen LogP contribution in [0, 0.1) is 3.57 Å². The van der Waals surface area contributed by atoms with Crippen LogP contribution in [0.3, 0.4) is 0 Å². The van der Waals surface area contributed by atoms with Crippen LogP contribution in [0.15, 0.2) is 36.4 Å². The zero-order valence-corrected chi connectivity index (χ0v) is 14.8. The van der Waals surface area contributed by atoms with Gasteiger partial charge in [-0.15, -0.1) is 0 Å². The van der Waals surface area contributed by atoms with Crippen LogP contribution in [0.5, 0.6) is 0 Å². The summed E-state index contributed by atoms with van der Waals surface area (Å²) in [6, 6.07) is 12.0. The van der Waals surface area contributed by atoms with E-state index in [4.69, 9.17) is 11.6 Å². The molecular formula is C15H10BrClINO. The molecule has 0 fully saturated rings. The molecule has 1 N–H and O–H groups in total. The monoisotopic (exact) mass is 461 g/mol. The molecule has 5 heteroatoms. The summed E-state index contributed by atoms with van der Waals surface area (Å²) in [5.74, 6) is 0.0219. The molecule has 1 heterocycles. The fourth-order valence-corrected chi connectivity index (χ4v) is 4.62. The number of amides is 1. The highest BCUT2D eigenvalue weighted by molar-refractivity contribution is 14.1. The third-order valence-electron chi connectivity index (χ3n) is 3.30. The lowest BCUT2D eigenvalue weighted by atomic mass is 10.0. The van der Waals surface area contributed by atoms with Crippen molar-refractivity contribution in [1.29, 1.82) is 0 Å². The SMILES string of the molecule is O=C1Cc2cc(C(Br)c3ccccc3I)c(Cl)cc2N1. The van der Waals surface area contributed by atoms with Crippen molar-refractivity contribution in [2.75, 3.05) is 5.32 Å². The highest BCUT2D eigenvalue weighted by Crippen LogP contribution is 2.40. The van der Waals surface area contributed by atoms with E-state index in [2.05, 4.69) is 56.0 Å². The number of carbonyl (C=O) groups is 1. The molecule has 0 saturated heterocycles. The molecule has 0 saturated carbocycles. The third-order valence-corrected chi connectivity index (χ3v) is 5.60. The van der Waals surface area contributed by atoms with Crippen LogP contribution in [0.2, 0.25) is 5.02 Å². The first-order valence-corrected chi connectivity index (χ1v) is 8.44. The number of alkyl halides is 1. The predicted octanol–water partition coefficient (Wildman–Crippen LogP) is 4.92. The molecule has 0 spiro atoms. The van der Waals surface area contributed by atoms with E-state index in [-0.39, 0.29) is 10.7 Å².